The van der Waals surface area contributed by atoms with Gasteiger partial charge in [-0.15, -0.1) is 5.10 Å². The van der Waals surface area contributed by atoms with Crippen LogP contribution < -0.4 is 0 Å². The van der Waals surface area contributed by atoms with Crippen LogP contribution in [0.25, 0.3) is 0 Å². The number of aromatic nitrogens is 6. The second kappa shape index (κ2) is 8.08. The van der Waals surface area contributed by atoms with Crippen LogP contribution in [-0.2, 0) is 12.1 Å². The minimum absolute atomic E-state index is 0.0791. The van der Waals surface area contributed by atoms with Gasteiger partial charge < -0.3 is 4.90 Å². The van der Waals surface area contributed by atoms with Gasteiger partial charge in [0, 0.05) is 25.8 Å². The van der Waals surface area contributed by atoms with Crippen molar-refractivity contribution in [3.05, 3.63) is 30.1 Å². The van der Waals surface area contributed by atoms with Gasteiger partial charge in [0.25, 0.3) is 5.91 Å². The fraction of sp³-hybridized carbons (Fsp3) is 0.667. The van der Waals surface area contributed by atoms with Crippen molar-refractivity contribution in [1.82, 2.24) is 40.0 Å². The van der Waals surface area contributed by atoms with Crippen molar-refractivity contribution in [1.29, 1.82) is 0 Å². The number of nitrogens with zero attached hydrogens (tertiary/aromatic N) is 8. The minimum Gasteiger partial charge on any atom is -0.335 e. The molecule has 1 unspecified atom stereocenters. The van der Waals surface area contributed by atoms with E-state index < -0.39 is 5.54 Å². The SMILES string of the molecule is CC(C)CCn1nnnc1C1(N(C)C)CCCN(C(=O)c2ccncn2)C1. The van der Waals surface area contributed by atoms with Gasteiger partial charge in [-0.2, -0.15) is 0 Å². The minimum atomic E-state index is -0.415. The number of amides is 1. The number of hydrogen-bond donors (Lipinski definition) is 0. The van der Waals surface area contributed by atoms with Gasteiger partial charge in [0.05, 0.1) is 0 Å². The van der Waals surface area contributed by atoms with Gasteiger partial charge in [0.1, 0.15) is 17.6 Å². The van der Waals surface area contributed by atoms with Gasteiger partial charge in [0.2, 0.25) is 0 Å². The molecule has 9 heteroatoms. The Balaban J connectivity index is 1.89. The van der Waals surface area contributed by atoms with Crippen molar-refractivity contribution < 1.29 is 4.79 Å². The summed E-state index contributed by atoms with van der Waals surface area (Å²) in [6.45, 7) is 6.38. The standard InChI is InChI=1S/C18H28N8O/c1-14(2)7-11-26-17(21-22-23-26)18(24(3)4)8-5-10-25(12-18)16(27)15-6-9-19-13-20-15/h6,9,13-14H,5,7-8,10-12H2,1-4H3. The summed E-state index contributed by atoms with van der Waals surface area (Å²) in [6, 6.07) is 1.65. The summed E-state index contributed by atoms with van der Waals surface area (Å²) >= 11 is 0. The lowest BCUT2D eigenvalue weighted by Gasteiger charge is -2.45. The van der Waals surface area contributed by atoms with Crippen LogP contribution in [0.2, 0.25) is 0 Å². The molecular weight excluding hydrogens is 344 g/mol. The molecule has 3 heterocycles. The van der Waals surface area contributed by atoms with Crippen molar-refractivity contribution in [2.75, 3.05) is 27.2 Å². The fourth-order valence-electron chi connectivity index (χ4n) is 3.61. The maximum atomic E-state index is 12.9. The average Bonchev–Trinajstić information content (AvgIpc) is 3.15. The summed E-state index contributed by atoms with van der Waals surface area (Å²) in [5.41, 5.74) is 0.000442. The smallest absolute Gasteiger partial charge is 0.272 e. The number of carbonyl (C=O) groups is 1. The van der Waals surface area contributed by atoms with Crippen molar-refractivity contribution in [2.45, 2.75) is 45.2 Å². The quantitative estimate of drug-likeness (QED) is 0.752. The lowest BCUT2D eigenvalue weighted by atomic mass is 9.86. The summed E-state index contributed by atoms with van der Waals surface area (Å²) in [5, 5.41) is 12.5. The molecule has 2 aromatic heterocycles. The zero-order valence-corrected chi connectivity index (χ0v) is 16.5. The Labute approximate surface area is 159 Å². The Hall–Kier alpha value is -2.42. The van der Waals surface area contributed by atoms with Crippen LogP contribution >= 0.6 is 0 Å². The predicted octanol–water partition coefficient (Wildman–Crippen LogP) is 1.20. The Kier molecular flexibility index (Phi) is 5.79. The van der Waals surface area contributed by atoms with E-state index in [2.05, 4.69) is 44.2 Å². The molecule has 9 nitrogen and oxygen atoms in total. The lowest BCUT2D eigenvalue weighted by molar-refractivity contribution is 0.0253. The summed E-state index contributed by atoms with van der Waals surface area (Å²) in [7, 11) is 4.06. The topological polar surface area (TPSA) is 92.9 Å². The van der Waals surface area contributed by atoms with Crippen LogP contribution in [-0.4, -0.2) is 73.1 Å². The molecule has 3 rings (SSSR count). The Bertz CT molecular complexity index is 760. The molecule has 1 fully saturated rings. The number of likely N-dealkylation sites (N-methyl/N-ethyl adjacent to an activating group) is 1. The summed E-state index contributed by atoms with van der Waals surface area (Å²) < 4.78 is 1.90. The van der Waals surface area contributed by atoms with Crippen LogP contribution in [0.3, 0.4) is 0 Å². The molecule has 0 N–H and O–H groups in total. The third-order valence-electron chi connectivity index (χ3n) is 5.28. The van der Waals surface area contributed by atoms with E-state index in [1.54, 1.807) is 12.3 Å². The highest BCUT2D eigenvalue weighted by molar-refractivity contribution is 5.92. The molecule has 27 heavy (non-hydrogen) atoms. The molecule has 0 saturated carbocycles. The molecule has 2 aromatic rings. The Morgan fingerprint density at radius 2 is 2.19 bits per heavy atom. The zero-order valence-electron chi connectivity index (χ0n) is 16.5. The molecule has 1 aliphatic heterocycles. The van der Waals surface area contributed by atoms with Gasteiger partial charge in [-0.1, -0.05) is 13.8 Å². The molecule has 0 aliphatic carbocycles. The molecule has 146 valence electrons. The van der Waals surface area contributed by atoms with Crippen molar-refractivity contribution in [3.8, 4) is 0 Å². The fourth-order valence-corrected chi connectivity index (χ4v) is 3.61. The van der Waals surface area contributed by atoms with Gasteiger partial charge in [-0.25, -0.2) is 14.6 Å². The van der Waals surface area contributed by atoms with E-state index in [9.17, 15) is 4.79 Å². The highest BCUT2D eigenvalue weighted by atomic mass is 16.2. The van der Waals surface area contributed by atoms with Crippen molar-refractivity contribution in [2.24, 2.45) is 5.92 Å². The van der Waals surface area contributed by atoms with Crippen LogP contribution in [0.5, 0.6) is 0 Å². The van der Waals surface area contributed by atoms with Crippen LogP contribution in [0.4, 0.5) is 0 Å². The largest absolute Gasteiger partial charge is 0.335 e. The van der Waals surface area contributed by atoms with Crippen LogP contribution in [0.15, 0.2) is 18.6 Å². The molecule has 0 spiro atoms. The highest BCUT2D eigenvalue weighted by Crippen LogP contribution is 2.35. The first-order valence-corrected chi connectivity index (χ1v) is 9.43. The monoisotopic (exact) mass is 372 g/mol. The van der Waals surface area contributed by atoms with E-state index in [4.69, 9.17) is 0 Å². The third kappa shape index (κ3) is 3.97. The van der Waals surface area contributed by atoms with E-state index in [1.807, 2.05) is 23.7 Å². The summed E-state index contributed by atoms with van der Waals surface area (Å²) in [6.07, 6.45) is 5.78. The van der Waals surface area contributed by atoms with E-state index in [1.165, 1.54) is 6.33 Å². The van der Waals surface area contributed by atoms with E-state index in [-0.39, 0.29) is 5.91 Å². The number of tetrazole rings is 1. The second-order valence-electron chi connectivity index (χ2n) is 7.76. The van der Waals surface area contributed by atoms with Crippen LogP contribution in [0, 0.1) is 5.92 Å². The van der Waals surface area contributed by atoms with Gasteiger partial charge in [-0.05, 0) is 55.8 Å². The van der Waals surface area contributed by atoms with Gasteiger partial charge in [-0.3, -0.25) is 9.69 Å². The van der Waals surface area contributed by atoms with Crippen molar-refractivity contribution >= 4 is 5.91 Å². The summed E-state index contributed by atoms with van der Waals surface area (Å²) in [5.74, 6) is 1.32. The molecule has 0 bridgehead atoms. The Morgan fingerprint density at radius 1 is 1.37 bits per heavy atom. The maximum absolute atomic E-state index is 12.9. The number of aryl methyl sites for hydroxylation is 1. The first-order valence-electron chi connectivity index (χ1n) is 9.43. The number of rotatable bonds is 6. The van der Waals surface area contributed by atoms with Gasteiger partial charge in [0.15, 0.2) is 5.82 Å². The number of hydrogen-bond acceptors (Lipinski definition) is 7. The maximum Gasteiger partial charge on any atom is 0.272 e. The van der Waals surface area contributed by atoms with Gasteiger partial charge >= 0.3 is 0 Å². The molecule has 0 aromatic carbocycles. The number of carbonyl (C=O) groups excluding carboxylic acids is 1. The van der Waals surface area contributed by atoms with E-state index >= 15 is 0 Å². The van der Waals surface area contributed by atoms with Crippen molar-refractivity contribution in [3.63, 3.8) is 0 Å². The van der Waals surface area contributed by atoms with E-state index in [0.717, 1.165) is 31.6 Å². The lowest BCUT2D eigenvalue weighted by Crippen LogP contribution is -2.56. The highest BCUT2D eigenvalue weighted by Gasteiger charge is 2.45. The molecule has 1 saturated heterocycles. The predicted molar refractivity (Wildman–Crippen MR) is 99.8 cm³/mol. The second-order valence-corrected chi connectivity index (χ2v) is 7.76. The molecule has 0 radical (unpaired) electrons. The normalized spacial score (nSPS) is 20.4. The Morgan fingerprint density at radius 3 is 2.85 bits per heavy atom. The summed E-state index contributed by atoms with van der Waals surface area (Å²) in [4.78, 5) is 24.9. The van der Waals surface area contributed by atoms with E-state index in [0.29, 0.717) is 24.7 Å². The molecule has 1 amide bonds. The number of piperidine rings is 1. The van der Waals surface area contributed by atoms with Crippen LogP contribution in [0.1, 0.15) is 49.4 Å². The average molecular weight is 372 g/mol. The zero-order chi connectivity index (χ0) is 19.4. The molecule has 1 atom stereocenters. The number of likely N-dealkylation sites (tertiary alicyclic amines) is 1. The first-order chi connectivity index (χ1) is 12.9. The molecular formula is C18H28N8O. The first kappa shape index (κ1) is 19.3. The molecule has 1 aliphatic rings. The third-order valence-corrected chi connectivity index (χ3v) is 5.28.